The molecular formula is C31H43F3N4O6S. The number of hydrogen-bond donors (Lipinski definition) is 3. The van der Waals surface area contributed by atoms with Crippen molar-refractivity contribution in [2.24, 2.45) is 16.8 Å². The van der Waals surface area contributed by atoms with Crippen LogP contribution in [0.1, 0.15) is 56.9 Å². The first-order chi connectivity index (χ1) is 21.4. The van der Waals surface area contributed by atoms with Crippen LogP contribution >= 0.6 is 0 Å². The van der Waals surface area contributed by atoms with Crippen molar-refractivity contribution in [2.45, 2.75) is 82.2 Å². The van der Waals surface area contributed by atoms with Crippen molar-refractivity contribution in [3.8, 4) is 0 Å². The third kappa shape index (κ3) is 8.26. The molecule has 10 nitrogen and oxygen atoms in total. The number of carbonyl (C=O) groups excluding carboxylic acids is 1. The van der Waals surface area contributed by atoms with Gasteiger partial charge in [-0.25, -0.2) is 12.7 Å². The number of alkyl halides is 3. The van der Waals surface area contributed by atoms with Crippen LogP contribution in [0.3, 0.4) is 0 Å². The van der Waals surface area contributed by atoms with Gasteiger partial charge in [-0.1, -0.05) is 12.1 Å². The fraction of sp³-hybridized carbons (Fsp3) is 0.677. The molecule has 1 atom stereocenters. The summed E-state index contributed by atoms with van der Waals surface area (Å²) in [5.41, 5.74) is 0.882. The molecule has 2 aliphatic heterocycles. The normalized spacial score (nSPS) is 23.4. The zero-order valence-corrected chi connectivity index (χ0v) is 26.2. The highest BCUT2D eigenvalue weighted by atomic mass is 32.2. The van der Waals surface area contributed by atoms with Crippen LogP contribution in [0, 0.1) is 11.8 Å². The quantitative estimate of drug-likeness (QED) is 0.283. The Morgan fingerprint density at radius 1 is 1.13 bits per heavy atom. The van der Waals surface area contributed by atoms with Gasteiger partial charge in [-0.05, 0) is 75.0 Å². The first kappa shape index (κ1) is 33.8. The number of sulfonamides is 1. The maximum Gasteiger partial charge on any atom is 0.389 e. The predicted molar refractivity (Wildman–Crippen MR) is 163 cm³/mol. The minimum Gasteiger partial charge on any atom is -0.394 e. The molecule has 1 spiro atoms. The summed E-state index contributed by atoms with van der Waals surface area (Å²) in [4.78, 5) is 17.9. The number of piperidine rings is 1. The van der Waals surface area contributed by atoms with Crippen LogP contribution in [0.5, 0.6) is 0 Å². The predicted octanol–water partition coefficient (Wildman–Crippen LogP) is 3.40. The third-order valence-electron chi connectivity index (χ3n) is 9.54. The lowest BCUT2D eigenvalue weighted by atomic mass is 9.79. The van der Waals surface area contributed by atoms with Crippen LogP contribution in [0.25, 0.3) is 10.9 Å². The molecule has 14 heteroatoms. The molecule has 1 saturated carbocycles. The summed E-state index contributed by atoms with van der Waals surface area (Å²) in [6.07, 6.45) is -0.105. The largest absolute Gasteiger partial charge is 0.394 e. The van der Waals surface area contributed by atoms with Gasteiger partial charge in [0.05, 0.1) is 25.6 Å². The molecule has 0 unspecified atom stereocenters. The lowest BCUT2D eigenvalue weighted by Gasteiger charge is -2.34. The Kier molecular flexibility index (Phi) is 10.6. The van der Waals surface area contributed by atoms with Crippen LogP contribution in [0.4, 0.5) is 13.2 Å². The van der Waals surface area contributed by atoms with Crippen molar-refractivity contribution in [1.82, 2.24) is 14.2 Å². The molecular weight excluding hydrogens is 613 g/mol. The van der Waals surface area contributed by atoms with Crippen molar-refractivity contribution in [3.63, 3.8) is 0 Å². The number of aliphatic hydroxyl groups is 2. The SMILES string of the molecule is O=C1NC(C2CCC(CCC(F)(F)F)CC2)=NC12CCN(S(=O)(=O)CCc1cccc3c1ccn3CCOC[C@H](O)CO)CC2. The van der Waals surface area contributed by atoms with Crippen molar-refractivity contribution in [3.05, 3.63) is 36.0 Å². The molecule has 3 heterocycles. The summed E-state index contributed by atoms with van der Waals surface area (Å²) in [5, 5.41) is 22.2. The molecule has 1 amide bonds. The van der Waals surface area contributed by atoms with Crippen LogP contribution in [0.2, 0.25) is 0 Å². The first-order valence-corrected chi connectivity index (χ1v) is 17.4. The second-order valence-electron chi connectivity index (χ2n) is 12.6. The molecule has 250 valence electrons. The zero-order chi connectivity index (χ0) is 32.2. The number of aliphatic imine (C=N–C) groups is 1. The maximum absolute atomic E-state index is 13.4. The second kappa shape index (κ2) is 14.1. The fourth-order valence-electron chi connectivity index (χ4n) is 6.80. The Morgan fingerprint density at radius 3 is 2.56 bits per heavy atom. The van der Waals surface area contributed by atoms with Gasteiger partial charge in [-0.15, -0.1) is 0 Å². The van der Waals surface area contributed by atoms with Gasteiger partial charge in [0.25, 0.3) is 5.91 Å². The Balaban J connectivity index is 1.13. The second-order valence-corrected chi connectivity index (χ2v) is 14.7. The van der Waals surface area contributed by atoms with E-state index >= 15 is 0 Å². The molecule has 1 aromatic carbocycles. The summed E-state index contributed by atoms with van der Waals surface area (Å²) < 4.78 is 73.4. The number of rotatable bonds is 13. The molecule has 1 aromatic heterocycles. The molecule has 5 rings (SSSR count). The number of fused-ring (bicyclic) bond motifs is 1. The minimum absolute atomic E-state index is 0.0153. The molecule has 45 heavy (non-hydrogen) atoms. The molecule has 3 aliphatic rings. The van der Waals surface area contributed by atoms with Gasteiger partial charge >= 0.3 is 6.18 Å². The van der Waals surface area contributed by atoms with E-state index in [1.807, 2.05) is 35.0 Å². The Bertz CT molecular complexity index is 1460. The zero-order valence-electron chi connectivity index (χ0n) is 25.3. The van der Waals surface area contributed by atoms with Crippen molar-refractivity contribution in [2.75, 3.05) is 38.7 Å². The molecule has 2 aromatic rings. The average Bonchev–Trinajstić information content (AvgIpc) is 3.58. The number of nitrogens with one attached hydrogen (secondary N) is 1. The van der Waals surface area contributed by atoms with E-state index < -0.39 is 34.3 Å². The van der Waals surface area contributed by atoms with E-state index in [1.54, 1.807) is 0 Å². The van der Waals surface area contributed by atoms with E-state index in [-0.39, 0.29) is 56.2 Å². The number of amidine groups is 1. The third-order valence-corrected chi connectivity index (χ3v) is 11.4. The smallest absolute Gasteiger partial charge is 0.389 e. The highest BCUT2D eigenvalue weighted by Gasteiger charge is 2.48. The minimum atomic E-state index is -4.14. The van der Waals surface area contributed by atoms with Crippen LogP contribution < -0.4 is 5.32 Å². The average molecular weight is 657 g/mol. The number of amides is 1. The van der Waals surface area contributed by atoms with Gasteiger partial charge in [0.15, 0.2) is 0 Å². The topological polar surface area (TPSA) is 133 Å². The summed E-state index contributed by atoms with van der Waals surface area (Å²) >= 11 is 0. The first-order valence-electron chi connectivity index (χ1n) is 15.8. The van der Waals surface area contributed by atoms with Gasteiger partial charge in [0.2, 0.25) is 10.0 Å². The van der Waals surface area contributed by atoms with Crippen molar-refractivity contribution >= 4 is 32.7 Å². The number of halogens is 3. The molecule has 1 saturated heterocycles. The molecule has 2 fully saturated rings. The highest BCUT2D eigenvalue weighted by Crippen LogP contribution is 2.38. The molecule has 0 radical (unpaired) electrons. The Hall–Kier alpha value is -2.52. The van der Waals surface area contributed by atoms with E-state index in [0.717, 1.165) is 16.5 Å². The van der Waals surface area contributed by atoms with Crippen LogP contribution in [0.15, 0.2) is 35.5 Å². The van der Waals surface area contributed by atoms with E-state index in [4.69, 9.17) is 14.8 Å². The summed E-state index contributed by atoms with van der Waals surface area (Å²) in [6.45, 7) is 0.978. The number of ether oxygens (including phenoxy) is 1. The summed E-state index contributed by atoms with van der Waals surface area (Å²) in [6, 6.07) is 7.73. The molecule has 0 bridgehead atoms. The van der Waals surface area contributed by atoms with E-state index in [2.05, 4.69) is 5.32 Å². The summed E-state index contributed by atoms with van der Waals surface area (Å²) in [5.74, 6) is 0.388. The van der Waals surface area contributed by atoms with Crippen LogP contribution in [-0.2, 0) is 32.5 Å². The number of hydrogen-bond acceptors (Lipinski definition) is 7. The highest BCUT2D eigenvalue weighted by molar-refractivity contribution is 7.89. The lowest BCUT2D eigenvalue weighted by molar-refractivity contribution is -0.138. The number of carbonyl (C=O) groups is 1. The number of benzene rings is 1. The number of aliphatic hydroxyl groups excluding tert-OH is 2. The van der Waals surface area contributed by atoms with Gasteiger partial charge in [-0.3, -0.25) is 9.79 Å². The number of aryl methyl sites for hydroxylation is 1. The standard InChI is InChI=1S/C31H43F3N4O6S/c32-31(33,34)11-8-22-4-6-24(7-5-22)28-35-29(41)30(36-28)12-15-38(16-13-30)45(42,43)19-10-23-2-1-3-27-26(23)9-14-37(27)17-18-44-21-25(40)20-39/h1-3,9,14,22,24-25,39-40H,4-8,10-13,15-21H2,(H,35,36,41)/t22?,24?,25-/m1/s1. The van der Waals surface area contributed by atoms with Gasteiger partial charge in [0, 0.05) is 49.1 Å². The van der Waals surface area contributed by atoms with Crippen molar-refractivity contribution in [1.29, 1.82) is 0 Å². The monoisotopic (exact) mass is 656 g/mol. The Morgan fingerprint density at radius 2 is 1.87 bits per heavy atom. The number of aromatic nitrogens is 1. The van der Waals surface area contributed by atoms with Crippen LogP contribution in [-0.4, -0.2) is 95.7 Å². The fourth-order valence-corrected chi connectivity index (χ4v) is 8.28. The van der Waals surface area contributed by atoms with Gasteiger partial charge < -0.3 is 24.8 Å². The van der Waals surface area contributed by atoms with Gasteiger partial charge in [-0.2, -0.15) is 13.2 Å². The maximum atomic E-state index is 13.4. The molecule has 1 aliphatic carbocycles. The Labute approximate surface area is 261 Å². The van der Waals surface area contributed by atoms with Gasteiger partial charge in [0.1, 0.15) is 17.5 Å². The summed E-state index contributed by atoms with van der Waals surface area (Å²) in [7, 11) is -3.59. The number of nitrogens with zero attached hydrogens (tertiary/aromatic N) is 3. The lowest BCUT2D eigenvalue weighted by Crippen LogP contribution is -2.51. The molecule has 3 N–H and O–H groups in total. The van der Waals surface area contributed by atoms with E-state index in [9.17, 15) is 31.5 Å². The van der Waals surface area contributed by atoms with Crippen molar-refractivity contribution < 1.29 is 41.3 Å². The van der Waals surface area contributed by atoms with E-state index in [1.165, 1.54) is 4.31 Å². The van der Waals surface area contributed by atoms with E-state index in [0.29, 0.717) is 63.9 Å².